The van der Waals surface area contributed by atoms with E-state index in [4.69, 9.17) is 9.73 Å². The molecule has 5 nitrogen and oxygen atoms in total. The summed E-state index contributed by atoms with van der Waals surface area (Å²) in [6, 6.07) is 16.0. The predicted octanol–water partition coefficient (Wildman–Crippen LogP) is 4.84. The van der Waals surface area contributed by atoms with Crippen LogP contribution in [0, 0.1) is 5.41 Å². The summed E-state index contributed by atoms with van der Waals surface area (Å²) in [5, 5.41) is 0. The van der Waals surface area contributed by atoms with Crippen molar-refractivity contribution in [1.29, 1.82) is 0 Å². The summed E-state index contributed by atoms with van der Waals surface area (Å²) in [7, 11) is 0. The first-order chi connectivity index (χ1) is 13.8. The van der Waals surface area contributed by atoms with Crippen LogP contribution in [0.15, 0.2) is 53.5 Å². The fourth-order valence-corrected chi connectivity index (χ4v) is 3.99. The van der Waals surface area contributed by atoms with Crippen LogP contribution in [-0.2, 0) is 4.79 Å². The summed E-state index contributed by atoms with van der Waals surface area (Å²) in [5.74, 6) is 2.74. The lowest BCUT2D eigenvalue weighted by molar-refractivity contribution is -0.136. The van der Waals surface area contributed by atoms with Crippen molar-refractivity contribution in [3.8, 4) is 11.5 Å². The number of amides is 1. The van der Waals surface area contributed by atoms with Crippen LogP contribution in [0.25, 0.3) is 0 Å². The zero-order valence-electron chi connectivity index (χ0n) is 17.7. The van der Waals surface area contributed by atoms with Crippen LogP contribution in [0.2, 0.25) is 0 Å². The Morgan fingerprint density at radius 2 is 1.76 bits per heavy atom. The van der Waals surface area contributed by atoms with E-state index in [1.165, 1.54) is 0 Å². The molecule has 0 radical (unpaired) electrons. The van der Waals surface area contributed by atoms with Gasteiger partial charge in [-0.25, -0.2) is 4.99 Å². The van der Waals surface area contributed by atoms with Gasteiger partial charge in [0.05, 0.1) is 5.56 Å². The maximum absolute atomic E-state index is 12.8. The fraction of sp³-hybridized carbons (Fsp3) is 0.417. The van der Waals surface area contributed by atoms with Gasteiger partial charge in [0.15, 0.2) is 5.75 Å². The Morgan fingerprint density at radius 1 is 1.07 bits per heavy atom. The van der Waals surface area contributed by atoms with Crippen LogP contribution in [0.1, 0.15) is 39.7 Å². The minimum absolute atomic E-state index is 0.000697. The number of nitrogens with zero attached hydrogens (tertiary/aromatic N) is 3. The van der Waals surface area contributed by atoms with E-state index >= 15 is 0 Å². The summed E-state index contributed by atoms with van der Waals surface area (Å²) in [6.45, 7) is 10.7. The number of carbonyl (C=O) groups excluding carboxylic acids is 1. The van der Waals surface area contributed by atoms with Gasteiger partial charge >= 0.3 is 0 Å². The average molecular weight is 392 g/mol. The van der Waals surface area contributed by atoms with Crippen LogP contribution in [0.4, 0.5) is 5.69 Å². The molecule has 0 aliphatic carbocycles. The van der Waals surface area contributed by atoms with Gasteiger partial charge in [0, 0.05) is 32.1 Å². The molecular weight excluding hydrogens is 362 g/mol. The van der Waals surface area contributed by atoms with Gasteiger partial charge < -0.3 is 14.5 Å². The Bertz CT molecular complexity index is 945. The molecule has 29 heavy (non-hydrogen) atoms. The highest BCUT2D eigenvalue weighted by Crippen LogP contribution is 2.38. The van der Waals surface area contributed by atoms with E-state index in [0.717, 1.165) is 41.7 Å². The first-order valence-corrected chi connectivity index (χ1v) is 10.3. The Hall–Kier alpha value is -2.82. The van der Waals surface area contributed by atoms with Crippen molar-refractivity contribution in [2.24, 2.45) is 10.4 Å². The van der Waals surface area contributed by atoms with Gasteiger partial charge in [0.1, 0.15) is 17.3 Å². The number of hydrogen-bond donors (Lipinski definition) is 0. The number of benzene rings is 2. The van der Waals surface area contributed by atoms with Gasteiger partial charge in [-0.05, 0) is 36.6 Å². The fourth-order valence-electron chi connectivity index (χ4n) is 3.99. The highest BCUT2D eigenvalue weighted by molar-refractivity contribution is 6.03. The lowest BCUT2D eigenvalue weighted by Gasteiger charge is -2.42. The van der Waals surface area contributed by atoms with Crippen LogP contribution in [0.3, 0.4) is 0 Å². The van der Waals surface area contributed by atoms with Crippen molar-refractivity contribution >= 4 is 17.4 Å². The predicted molar refractivity (Wildman–Crippen MR) is 116 cm³/mol. The normalized spacial score (nSPS) is 18.9. The van der Waals surface area contributed by atoms with E-state index < -0.39 is 0 Å². The van der Waals surface area contributed by atoms with Gasteiger partial charge in [0.2, 0.25) is 5.91 Å². The SMILES string of the molecule is CC1CN(C2=Nc3ccccc3Oc3ccccc32)CCN1C(=O)CC(C)(C)C. The zero-order valence-corrected chi connectivity index (χ0v) is 17.7. The number of para-hydroxylation sites is 3. The van der Waals surface area contributed by atoms with E-state index in [0.29, 0.717) is 13.0 Å². The average Bonchev–Trinajstić information content (AvgIpc) is 2.83. The maximum atomic E-state index is 12.8. The van der Waals surface area contributed by atoms with Crippen molar-refractivity contribution in [3.63, 3.8) is 0 Å². The van der Waals surface area contributed by atoms with E-state index in [9.17, 15) is 4.79 Å². The second-order valence-electron chi connectivity index (χ2n) is 9.12. The molecule has 0 N–H and O–H groups in total. The molecular formula is C24H29N3O2. The van der Waals surface area contributed by atoms with Crippen molar-refractivity contribution in [1.82, 2.24) is 9.80 Å². The minimum Gasteiger partial charge on any atom is -0.454 e. The molecule has 0 aromatic heterocycles. The molecule has 1 fully saturated rings. The molecule has 1 saturated heterocycles. The Kier molecular flexibility index (Phi) is 5.07. The molecule has 2 heterocycles. The first kappa shape index (κ1) is 19.5. The molecule has 0 spiro atoms. The molecule has 2 aromatic carbocycles. The Labute approximate surface area is 173 Å². The number of aliphatic imine (C=N–C) groups is 1. The Balaban J connectivity index is 1.62. The van der Waals surface area contributed by atoms with Crippen molar-refractivity contribution in [2.75, 3.05) is 19.6 Å². The van der Waals surface area contributed by atoms with Crippen molar-refractivity contribution in [3.05, 3.63) is 54.1 Å². The van der Waals surface area contributed by atoms with Crippen molar-refractivity contribution in [2.45, 2.75) is 40.2 Å². The lowest BCUT2D eigenvalue weighted by atomic mass is 9.91. The van der Waals surface area contributed by atoms with Gasteiger partial charge in [0.25, 0.3) is 0 Å². The number of hydrogen-bond acceptors (Lipinski definition) is 4. The summed E-state index contributed by atoms with van der Waals surface area (Å²) in [6.07, 6.45) is 0.572. The minimum atomic E-state index is -0.000697. The largest absolute Gasteiger partial charge is 0.454 e. The molecule has 1 amide bonds. The summed E-state index contributed by atoms with van der Waals surface area (Å²) >= 11 is 0. The number of carbonyl (C=O) groups is 1. The zero-order chi connectivity index (χ0) is 20.6. The molecule has 4 rings (SSSR count). The highest BCUT2D eigenvalue weighted by atomic mass is 16.5. The quantitative estimate of drug-likeness (QED) is 0.699. The van der Waals surface area contributed by atoms with Gasteiger partial charge in [-0.3, -0.25) is 4.79 Å². The number of rotatable bonds is 1. The molecule has 2 aliphatic rings. The number of amidine groups is 1. The van der Waals surface area contributed by atoms with Crippen LogP contribution >= 0.6 is 0 Å². The van der Waals surface area contributed by atoms with E-state index in [-0.39, 0.29) is 17.4 Å². The smallest absolute Gasteiger partial charge is 0.223 e. The van der Waals surface area contributed by atoms with E-state index in [1.807, 2.05) is 47.4 Å². The van der Waals surface area contributed by atoms with E-state index in [1.54, 1.807) is 0 Å². The number of piperazine rings is 1. The van der Waals surface area contributed by atoms with Gasteiger partial charge in [-0.2, -0.15) is 0 Å². The van der Waals surface area contributed by atoms with Crippen LogP contribution < -0.4 is 4.74 Å². The highest BCUT2D eigenvalue weighted by Gasteiger charge is 2.32. The number of ether oxygens (including phenoxy) is 1. The molecule has 152 valence electrons. The van der Waals surface area contributed by atoms with Crippen molar-refractivity contribution < 1.29 is 9.53 Å². The first-order valence-electron chi connectivity index (χ1n) is 10.3. The summed E-state index contributed by atoms with van der Waals surface area (Å²) in [4.78, 5) is 22.1. The molecule has 0 bridgehead atoms. The lowest BCUT2D eigenvalue weighted by Crippen LogP contribution is -2.56. The molecule has 1 unspecified atom stereocenters. The molecule has 0 saturated carbocycles. The molecule has 5 heteroatoms. The van der Waals surface area contributed by atoms with Gasteiger partial charge in [-0.1, -0.05) is 45.0 Å². The van der Waals surface area contributed by atoms with E-state index in [2.05, 4.69) is 38.7 Å². The summed E-state index contributed by atoms with van der Waals surface area (Å²) in [5.41, 5.74) is 1.82. The van der Waals surface area contributed by atoms with Gasteiger partial charge in [-0.15, -0.1) is 0 Å². The summed E-state index contributed by atoms with van der Waals surface area (Å²) < 4.78 is 6.16. The topological polar surface area (TPSA) is 45.1 Å². The standard InChI is InChI=1S/C24H29N3O2/c1-17-16-26(13-14-27(17)22(28)15-24(2,3)4)23-18-9-5-7-11-20(18)29-21-12-8-6-10-19(21)25-23/h5-12,17H,13-16H2,1-4H3. The molecule has 2 aliphatic heterocycles. The second-order valence-corrected chi connectivity index (χ2v) is 9.12. The Morgan fingerprint density at radius 3 is 2.48 bits per heavy atom. The van der Waals surface area contributed by atoms with Crippen LogP contribution in [0.5, 0.6) is 11.5 Å². The third-order valence-corrected chi connectivity index (χ3v) is 5.37. The number of fused-ring (bicyclic) bond motifs is 2. The molecule has 1 atom stereocenters. The molecule has 2 aromatic rings. The third kappa shape index (κ3) is 4.14. The maximum Gasteiger partial charge on any atom is 0.223 e. The van der Waals surface area contributed by atoms with Crippen LogP contribution in [-0.4, -0.2) is 47.2 Å². The monoisotopic (exact) mass is 391 g/mol. The third-order valence-electron chi connectivity index (χ3n) is 5.37. The second kappa shape index (κ2) is 7.54.